The summed E-state index contributed by atoms with van der Waals surface area (Å²) >= 11 is 0. The van der Waals surface area contributed by atoms with Crippen molar-refractivity contribution in [1.29, 1.82) is 0 Å². The normalized spacial score (nSPS) is 19.1. The van der Waals surface area contributed by atoms with E-state index in [-0.39, 0.29) is 23.1 Å². The van der Waals surface area contributed by atoms with E-state index >= 15 is 0 Å². The van der Waals surface area contributed by atoms with Crippen LogP contribution in [0.25, 0.3) is 0 Å². The smallest absolute Gasteiger partial charge is 0.244 e. The lowest BCUT2D eigenvalue weighted by Gasteiger charge is -2.09. The van der Waals surface area contributed by atoms with Gasteiger partial charge in [0.05, 0.1) is 17.4 Å². The predicted octanol–water partition coefficient (Wildman–Crippen LogP) is -1.12. The Kier molecular flexibility index (Phi) is 4.17. The average Bonchev–Trinajstić information content (AvgIpc) is 2.67. The fourth-order valence-electron chi connectivity index (χ4n) is 1.96. The first-order chi connectivity index (χ1) is 9.36. The van der Waals surface area contributed by atoms with E-state index in [0.717, 1.165) is 5.56 Å². The standard InChI is InChI=1S/C12H15N3O4S/c13-20(18,19)9-3-1-8(2-4-9)5-6-14-10-7-11(16)15-12(10)17/h1-4,10,14H,5-7H2,(H2,13,18,19)(H,15,16,17)/t10-/m0/s1. The van der Waals surface area contributed by atoms with Gasteiger partial charge in [-0.15, -0.1) is 0 Å². The van der Waals surface area contributed by atoms with Crippen LogP contribution >= 0.6 is 0 Å². The molecule has 20 heavy (non-hydrogen) atoms. The highest BCUT2D eigenvalue weighted by atomic mass is 32.2. The van der Waals surface area contributed by atoms with Crippen molar-refractivity contribution < 1.29 is 18.0 Å². The molecule has 2 rings (SSSR count). The topological polar surface area (TPSA) is 118 Å². The number of hydrogen-bond acceptors (Lipinski definition) is 5. The first kappa shape index (κ1) is 14.6. The average molecular weight is 297 g/mol. The van der Waals surface area contributed by atoms with Gasteiger partial charge in [-0.1, -0.05) is 12.1 Å². The highest BCUT2D eigenvalue weighted by Gasteiger charge is 2.29. The summed E-state index contributed by atoms with van der Waals surface area (Å²) in [5.74, 6) is -0.579. The number of hydrogen-bond donors (Lipinski definition) is 3. The monoisotopic (exact) mass is 297 g/mol. The van der Waals surface area contributed by atoms with Crippen LogP contribution in [0.15, 0.2) is 29.2 Å². The molecule has 1 fully saturated rings. The van der Waals surface area contributed by atoms with Crippen molar-refractivity contribution in [3.8, 4) is 0 Å². The Morgan fingerprint density at radius 2 is 1.90 bits per heavy atom. The number of imide groups is 1. The van der Waals surface area contributed by atoms with Gasteiger partial charge in [-0.25, -0.2) is 13.6 Å². The second-order valence-electron chi connectivity index (χ2n) is 4.56. The third-order valence-corrected chi connectivity index (χ3v) is 3.95. The molecule has 0 radical (unpaired) electrons. The Morgan fingerprint density at radius 3 is 2.40 bits per heavy atom. The summed E-state index contributed by atoms with van der Waals surface area (Å²) in [5, 5.41) is 10.2. The van der Waals surface area contributed by atoms with E-state index in [0.29, 0.717) is 13.0 Å². The fourth-order valence-corrected chi connectivity index (χ4v) is 2.47. The molecule has 1 saturated heterocycles. The number of rotatable bonds is 5. The maximum atomic E-state index is 11.3. The van der Waals surface area contributed by atoms with Crippen LogP contribution in [0.1, 0.15) is 12.0 Å². The molecule has 1 atom stereocenters. The lowest BCUT2D eigenvalue weighted by atomic mass is 10.1. The molecule has 2 amide bonds. The molecule has 1 heterocycles. The second-order valence-corrected chi connectivity index (χ2v) is 6.12. The van der Waals surface area contributed by atoms with E-state index in [4.69, 9.17) is 5.14 Å². The zero-order valence-corrected chi connectivity index (χ0v) is 11.4. The van der Waals surface area contributed by atoms with Crippen LogP contribution in [0.4, 0.5) is 0 Å². The molecule has 0 unspecified atom stereocenters. The number of primary sulfonamides is 1. The van der Waals surface area contributed by atoms with Crippen LogP contribution in [-0.4, -0.2) is 32.8 Å². The second kappa shape index (κ2) is 5.70. The molecule has 4 N–H and O–H groups in total. The number of sulfonamides is 1. The Hall–Kier alpha value is -1.77. The largest absolute Gasteiger partial charge is 0.305 e. The van der Waals surface area contributed by atoms with Crippen molar-refractivity contribution >= 4 is 21.8 Å². The summed E-state index contributed by atoms with van der Waals surface area (Å²) in [6.07, 6.45) is 0.770. The van der Waals surface area contributed by atoms with Gasteiger partial charge in [0.1, 0.15) is 0 Å². The minimum absolute atomic E-state index is 0.0648. The van der Waals surface area contributed by atoms with Crippen molar-refractivity contribution in [2.75, 3.05) is 6.54 Å². The minimum atomic E-state index is -3.67. The maximum Gasteiger partial charge on any atom is 0.244 e. The molecule has 1 aliphatic heterocycles. The molecule has 1 aliphatic rings. The van der Waals surface area contributed by atoms with Crippen LogP contribution in [0.2, 0.25) is 0 Å². The van der Waals surface area contributed by atoms with Gasteiger partial charge in [0, 0.05) is 0 Å². The highest BCUT2D eigenvalue weighted by Crippen LogP contribution is 2.09. The summed E-state index contributed by atoms with van der Waals surface area (Å²) in [6.45, 7) is 0.514. The lowest BCUT2D eigenvalue weighted by molar-refractivity contribution is -0.125. The molecule has 0 aromatic heterocycles. The predicted molar refractivity (Wildman–Crippen MR) is 71.1 cm³/mol. The van der Waals surface area contributed by atoms with E-state index in [1.807, 2.05) is 0 Å². The summed E-state index contributed by atoms with van der Waals surface area (Å²) in [7, 11) is -3.67. The van der Waals surface area contributed by atoms with Crippen molar-refractivity contribution in [1.82, 2.24) is 10.6 Å². The van der Waals surface area contributed by atoms with Crippen LogP contribution in [-0.2, 0) is 26.0 Å². The van der Waals surface area contributed by atoms with Crippen LogP contribution in [0, 0.1) is 0 Å². The van der Waals surface area contributed by atoms with Gasteiger partial charge >= 0.3 is 0 Å². The maximum absolute atomic E-state index is 11.3. The molecule has 0 bridgehead atoms. The quantitative estimate of drug-likeness (QED) is 0.595. The number of carbonyl (C=O) groups is 2. The van der Waals surface area contributed by atoms with Gasteiger partial charge < -0.3 is 5.32 Å². The van der Waals surface area contributed by atoms with Crippen LogP contribution in [0.3, 0.4) is 0 Å². The van der Waals surface area contributed by atoms with Gasteiger partial charge in [0.25, 0.3) is 0 Å². The summed E-state index contributed by atoms with van der Waals surface area (Å²) in [4.78, 5) is 22.4. The van der Waals surface area contributed by atoms with Crippen molar-refractivity contribution in [3.63, 3.8) is 0 Å². The molecule has 1 aromatic carbocycles. The van der Waals surface area contributed by atoms with E-state index in [9.17, 15) is 18.0 Å². The SMILES string of the molecule is NS(=O)(=O)c1ccc(CCN[C@H]2CC(=O)NC2=O)cc1. The van der Waals surface area contributed by atoms with E-state index in [1.54, 1.807) is 12.1 Å². The fraction of sp³-hybridized carbons (Fsp3) is 0.333. The first-order valence-corrected chi connectivity index (χ1v) is 7.60. The molecule has 108 valence electrons. The first-order valence-electron chi connectivity index (χ1n) is 6.05. The third-order valence-electron chi connectivity index (χ3n) is 3.02. The molecule has 1 aromatic rings. The van der Waals surface area contributed by atoms with Gasteiger partial charge in [-0.2, -0.15) is 0 Å². The molecular weight excluding hydrogens is 282 g/mol. The minimum Gasteiger partial charge on any atom is -0.305 e. The number of amides is 2. The van der Waals surface area contributed by atoms with Gasteiger partial charge in [-0.05, 0) is 30.7 Å². The molecule has 8 heteroatoms. The van der Waals surface area contributed by atoms with Crippen molar-refractivity contribution in [3.05, 3.63) is 29.8 Å². The third kappa shape index (κ3) is 3.62. The molecule has 0 aliphatic carbocycles. The summed E-state index contributed by atoms with van der Waals surface area (Å²) in [5.41, 5.74) is 0.912. The number of benzene rings is 1. The Labute approximate surface area is 116 Å². The van der Waals surface area contributed by atoms with E-state index in [2.05, 4.69) is 10.6 Å². The van der Waals surface area contributed by atoms with E-state index < -0.39 is 16.1 Å². The highest BCUT2D eigenvalue weighted by molar-refractivity contribution is 7.89. The number of nitrogens with one attached hydrogen (secondary N) is 2. The van der Waals surface area contributed by atoms with Crippen molar-refractivity contribution in [2.45, 2.75) is 23.8 Å². The Balaban J connectivity index is 1.86. The summed E-state index contributed by atoms with van der Waals surface area (Å²) in [6, 6.07) is 5.74. The van der Waals surface area contributed by atoms with Crippen LogP contribution in [0.5, 0.6) is 0 Å². The number of carbonyl (C=O) groups excluding carboxylic acids is 2. The molecule has 0 saturated carbocycles. The Bertz CT molecular complexity index is 625. The van der Waals surface area contributed by atoms with E-state index in [1.165, 1.54) is 12.1 Å². The summed E-state index contributed by atoms with van der Waals surface area (Å²) < 4.78 is 22.2. The molecule has 7 nitrogen and oxygen atoms in total. The lowest BCUT2D eigenvalue weighted by Crippen LogP contribution is -2.37. The van der Waals surface area contributed by atoms with Gasteiger partial charge in [-0.3, -0.25) is 14.9 Å². The number of nitrogens with two attached hydrogens (primary N) is 1. The van der Waals surface area contributed by atoms with Gasteiger partial charge in [0.2, 0.25) is 21.8 Å². The van der Waals surface area contributed by atoms with Crippen LogP contribution < -0.4 is 15.8 Å². The Morgan fingerprint density at radius 1 is 1.25 bits per heavy atom. The zero-order valence-electron chi connectivity index (χ0n) is 10.6. The molecular formula is C12H15N3O4S. The molecule has 0 spiro atoms. The van der Waals surface area contributed by atoms with Gasteiger partial charge in [0.15, 0.2) is 0 Å². The van der Waals surface area contributed by atoms with Crippen molar-refractivity contribution in [2.24, 2.45) is 5.14 Å². The zero-order chi connectivity index (χ0) is 14.8.